The number of allylic oxidation sites excluding steroid dienone is 1. The quantitative estimate of drug-likeness (QED) is 0.277. The molecule has 0 aromatic carbocycles. The van der Waals surface area contributed by atoms with Crippen molar-refractivity contribution in [2.75, 3.05) is 0 Å². The van der Waals surface area contributed by atoms with Crippen molar-refractivity contribution in [1.29, 1.82) is 0 Å². The topological polar surface area (TPSA) is 80.3 Å². The Hall–Kier alpha value is -0.521. The molecule has 0 unspecified atom stereocenters. The van der Waals surface area contributed by atoms with E-state index in [2.05, 4.69) is 9.88 Å². The summed E-state index contributed by atoms with van der Waals surface area (Å²) in [7, 11) is 0. The van der Waals surface area contributed by atoms with Gasteiger partial charge in [-0.15, -0.1) is 0 Å². The second kappa shape index (κ2) is 9.57. The summed E-state index contributed by atoms with van der Waals surface area (Å²) in [6.07, 6.45) is 1.36. The van der Waals surface area contributed by atoms with Crippen LogP contribution >= 0.6 is 0 Å². The van der Waals surface area contributed by atoms with Crippen LogP contribution in [0.25, 0.3) is 0 Å². The summed E-state index contributed by atoms with van der Waals surface area (Å²) in [5.41, 5.74) is -0.789. The van der Waals surface area contributed by atoms with Crippen LogP contribution in [0, 0.1) is 0 Å². The number of hydrogen-bond acceptors (Lipinski definition) is 4. The predicted octanol–water partition coefficient (Wildman–Crippen LogP) is -1.39. The molecule has 0 aliphatic rings. The molecule has 0 rings (SSSR count). The first kappa shape index (κ1) is 15.0. The molecule has 13 heavy (non-hydrogen) atoms. The summed E-state index contributed by atoms with van der Waals surface area (Å²) in [5.74, 6) is -3.41. The maximum absolute atomic E-state index is 9.93. The van der Waals surface area contributed by atoms with Crippen molar-refractivity contribution in [3.8, 4) is 0 Å². The van der Waals surface area contributed by atoms with Crippen LogP contribution in [0.4, 0.5) is 0 Å². The molecule has 4 nitrogen and oxygen atoms in total. The Bertz CT molecular complexity index is 182. The van der Waals surface area contributed by atoms with Crippen LogP contribution < -0.4 is 10.2 Å². The Balaban J connectivity index is 0. The zero-order valence-corrected chi connectivity index (χ0v) is 10.8. The maximum atomic E-state index is 9.93. The fourth-order valence-electron chi connectivity index (χ4n) is 0.454. The van der Waals surface area contributed by atoms with Gasteiger partial charge in [0.05, 0.1) is 11.9 Å². The zero-order chi connectivity index (χ0) is 10.9. The van der Waals surface area contributed by atoms with Crippen LogP contribution in [-0.4, -0.2) is 33.1 Å². The van der Waals surface area contributed by atoms with E-state index in [1.165, 1.54) is 0 Å². The Morgan fingerprint density at radius 2 is 1.54 bits per heavy atom. The molecule has 0 fully saturated rings. The summed E-state index contributed by atoms with van der Waals surface area (Å²) in [5, 5.41) is 19.9. The number of carboxylic acid groups (broad SMARTS) is 2. The number of carbonyl (C=O) groups is 2. The van der Waals surface area contributed by atoms with Gasteiger partial charge in [-0.2, -0.15) is 0 Å². The van der Waals surface area contributed by atoms with Crippen molar-refractivity contribution in [1.82, 2.24) is 0 Å². The Kier molecular flexibility index (Phi) is 11.0. The molecule has 72 valence electrons. The summed E-state index contributed by atoms with van der Waals surface area (Å²) >= 11 is 0.230. The fourth-order valence-corrected chi connectivity index (χ4v) is 0.454. The third-order valence-electron chi connectivity index (χ3n) is 0.848. The van der Waals surface area contributed by atoms with Gasteiger partial charge in [-0.25, -0.2) is 0 Å². The van der Waals surface area contributed by atoms with E-state index in [0.717, 1.165) is 6.08 Å². The van der Waals surface area contributed by atoms with E-state index >= 15 is 0 Å². The third-order valence-corrected chi connectivity index (χ3v) is 0.848. The van der Waals surface area contributed by atoms with E-state index in [0.29, 0.717) is 6.42 Å². The van der Waals surface area contributed by atoms with Gasteiger partial charge in [-0.05, 0) is 6.42 Å². The molecule has 0 heterocycles. The molecule has 0 bridgehead atoms. The molecule has 0 amide bonds. The second-order valence-corrected chi connectivity index (χ2v) is 4.96. The first-order chi connectivity index (χ1) is 6.01. The molecular weight excluding hydrogens is 279 g/mol. The van der Waals surface area contributed by atoms with Crippen molar-refractivity contribution >= 4 is 33.1 Å². The molecule has 0 aliphatic carbocycles. The zero-order valence-electron chi connectivity index (χ0n) is 7.92. The van der Waals surface area contributed by atoms with Gasteiger partial charge < -0.3 is 19.8 Å². The summed E-state index contributed by atoms with van der Waals surface area (Å²) in [6, 6.07) is 0. The number of aliphatic carboxylic acids is 2. The Morgan fingerprint density at radius 3 is 1.62 bits per heavy atom. The minimum absolute atomic E-state index is 0.230. The van der Waals surface area contributed by atoms with Crippen molar-refractivity contribution in [3.05, 3.63) is 11.6 Å². The van der Waals surface area contributed by atoms with Crippen molar-refractivity contribution in [2.24, 2.45) is 0 Å². The van der Waals surface area contributed by atoms with E-state index in [-0.39, 0.29) is 21.1 Å². The molecule has 0 spiro atoms. The minimum atomic E-state index is -1.71. The molecule has 0 aromatic heterocycles. The molecule has 5 heteroatoms. The van der Waals surface area contributed by atoms with Crippen LogP contribution in [0.5, 0.6) is 0 Å². The Morgan fingerprint density at radius 1 is 1.23 bits per heavy atom. The predicted molar refractivity (Wildman–Crippen MR) is 45.9 cm³/mol. The molecule has 0 saturated heterocycles. The van der Waals surface area contributed by atoms with Crippen LogP contribution in [0.2, 0.25) is 9.88 Å². The van der Waals surface area contributed by atoms with E-state index in [4.69, 9.17) is 0 Å². The number of hydrogen-bond donors (Lipinski definition) is 0. The monoisotopic (exact) mass is 292 g/mol. The average Bonchev–Trinajstić information content (AvgIpc) is 2.00. The van der Waals surface area contributed by atoms with E-state index < -0.39 is 17.5 Å². The van der Waals surface area contributed by atoms with Gasteiger partial charge in [-0.3, -0.25) is 0 Å². The first-order valence-corrected chi connectivity index (χ1v) is 9.43. The van der Waals surface area contributed by atoms with Gasteiger partial charge in [-0.1, -0.05) is 13.0 Å². The second-order valence-electron chi connectivity index (χ2n) is 2.10. The summed E-state index contributed by atoms with van der Waals surface area (Å²) in [4.78, 5) is 24.5. The molecule has 0 N–H and O–H groups in total. The van der Waals surface area contributed by atoms with Crippen LogP contribution in [0.1, 0.15) is 13.3 Å². The van der Waals surface area contributed by atoms with Crippen molar-refractivity contribution in [3.63, 3.8) is 0 Å². The summed E-state index contributed by atoms with van der Waals surface area (Å²) in [6.45, 7) is 1.62. The van der Waals surface area contributed by atoms with Gasteiger partial charge >= 0.3 is 31.0 Å². The van der Waals surface area contributed by atoms with Gasteiger partial charge in [0.25, 0.3) is 0 Å². The number of carboxylic acids is 2. The van der Waals surface area contributed by atoms with Gasteiger partial charge in [0.15, 0.2) is 0 Å². The van der Waals surface area contributed by atoms with Crippen LogP contribution in [-0.2, 0) is 9.59 Å². The molecule has 0 atom stereocenters. The molecular formula is C8H12O4Sn. The Labute approximate surface area is 87.9 Å². The van der Waals surface area contributed by atoms with E-state index in [1.54, 1.807) is 6.92 Å². The molecule has 0 aliphatic heterocycles. The first-order valence-electron chi connectivity index (χ1n) is 3.72. The summed E-state index contributed by atoms with van der Waals surface area (Å²) < 4.78 is 0. The van der Waals surface area contributed by atoms with Crippen molar-refractivity contribution < 1.29 is 19.8 Å². The van der Waals surface area contributed by atoms with E-state index in [1.807, 2.05) is 0 Å². The van der Waals surface area contributed by atoms with Gasteiger partial charge in [0.2, 0.25) is 0 Å². The fraction of sp³-hybridized carbons (Fsp3) is 0.500. The van der Waals surface area contributed by atoms with Gasteiger partial charge in [0.1, 0.15) is 0 Å². The molecule has 0 radical (unpaired) electrons. The average molecular weight is 291 g/mol. The number of rotatable bonds is 3. The van der Waals surface area contributed by atoms with E-state index in [9.17, 15) is 19.8 Å². The van der Waals surface area contributed by atoms with Crippen LogP contribution in [0.3, 0.4) is 0 Å². The standard InChI is InChI=1S/C6H8O4.2CH3.Sn/c1-2-3-4(5(7)8)6(9)10;;;/h3H,2H2,1H3,(H,7,8)(H,9,10);2*1H3;/q;;;+2/p-2. The van der Waals surface area contributed by atoms with Gasteiger partial charge in [0, 0.05) is 5.57 Å². The third kappa shape index (κ3) is 9.39. The SMILES string of the molecule is CCC=C(C(=O)[O-])C(=O)[O-].[CH3][Sn+2][CH3]. The van der Waals surface area contributed by atoms with Crippen molar-refractivity contribution in [2.45, 2.75) is 23.2 Å². The normalized spacial score (nSPS) is 7.31. The van der Waals surface area contributed by atoms with Crippen LogP contribution in [0.15, 0.2) is 11.6 Å². The number of carbonyl (C=O) groups excluding carboxylic acids is 2. The molecule has 0 saturated carbocycles. The molecule has 0 aromatic rings.